The predicted octanol–water partition coefficient (Wildman–Crippen LogP) is 2.78. The predicted molar refractivity (Wildman–Crippen MR) is 54.0 cm³/mol. The lowest BCUT2D eigenvalue weighted by molar-refractivity contribution is 0.260. The number of alkyl halides is 2. The van der Waals surface area contributed by atoms with Crippen LogP contribution in [0.2, 0.25) is 0 Å². The Kier molecular flexibility index (Phi) is 4.53. The molecule has 1 aromatic rings. The van der Waals surface area contributed by atoms with Crippen molar-refractivity contribution < 1.29 is 13.9 Å². The maximum absolute atomic E-state index is 11.9. The van der Waals surface area contributed by atoms with E-state index < -0.39 is 6.67 Å². The maximum atomic E-state index is 11.9. The molecule has 1 rings (SSSR count). The van der Waals surface area contributed by atoms with Crippen LogP contribution in [0, 0.1) is 0 Å². The molecule has 0 aliphatic rings. The highest BCUT2D eigenvalue weighted by atomic mass is 35.5. The van der Waals surface area contributed by atoms with Crippen molar-refractivity contribution in [3.8, 4) is 11.5 Å². The molecule has 0 fully saturated rings. The third-order valence-electron chi connectivity index (χ3n) is 1.72. The molecule has 14 heavy (non-hydrogen) atoms. The summed E-state index contributed by atoms with van der Waals surface area (Å²) in [7, 11) is 1.54. The van der Waals surface area contributed by atoms with E-state index in [0.717, 1.165) is 5.56 Å². The van der Waals surface area contributed by atoms with Crippen LogP contribution in [-0.4, -0.2) is 20.4 Å². The summed E-state index contributed by atoms with van der Waals surface area (Å²) in [5.41, 5.74) is 0.918. The van der Waals surface area contributed by atoms with Crippen LogP contribution >= 0.6 is 11.6 Å². The van der Waals surface area contributed by atoms with Crippen LogP contribution < -0.4 is 9.47 Å². The monoisotopic (exact) mass is 218 g/mol. The molecular weight excluding hydrogens is 207 g/mol. The second-order valence-electron chi connectivity index (χ2n) is 2.66. The van der Waals surface area contributed by atoms with E-state index in [0.29, 0.717) is 17.4 Å². The summed E-state index contributed by atoms with van der Waals surface area (Å²) in [4.78, 5) is 0. The molecule has 0 aliphatic carbocycles. The molecule has 0 amide bonds. The van der Waals surface area contributed by atoms with E-state index in [1.807, 2.05) is 6.07 Å². The van der Waals surface area contributed by atoms with E-state index in [9.17, 15) is 4.39 Å². The first kappa shape index (κ1) is 11.1. The highest BCUT2D eigenvalue weighted by Crippen LogP contribution is 2.28. The molecule has 2 nitrogen and oxygen atoms in total. The highest BCUT2D eigenvalue weighted by Gasteiger charge is 2.04. The molecule has 0 saturated carbocycles. The number of ether oxygens (including phenoxy) is 2. The van der Waals surface area contributed by atoms with Gasteiger partial charge >= 0.3 is 0 Å². The van der Waals surface area contributed by atoms with E-state index in [-0.39, 0.29) is 6.61 Å². The van der Waals surface area contributed by atoms with Crippen LogP contribution in [0.1, 0.15) is 5.56 Å². The molecule has 0 heterocycles. The minimum absolute atomic E-state index is 0.0299. The van der Waals surface area contributed by atoms with E-state index in [4.69, 9.17) is 21.1 Å². The lowest BCUT2D eigenvalue weighted by Crippen LogP contribution is -2.01. The number of rotatable bonds is 5. The lowest BCUT2D eigenvalue weighted by atomic mass is 10.2. The third kappa shape index (κ3) is 2.77. The van der Waals surface area contributed by atoms with E-state index in [1.54, 1.807) is 12.1 Å². The van der Waals surface area contributed by atoms with Crippen molar-refractivity contribution in [2.45, 2.75) is 5.88 Å². The Morgan fingerprint density at radius 2 is 2.14 bits per heavy atom. The molecule has 0 aromatic heterocycles. The maximum Gasteiger partial charge on any atom is 0.161 e. The molecule has 4 heteroatoms. The number of hydrogen-bond acceptors (Lipinski definition) is 2. The SMILES string of the molecule is COc1ccc(CCl)cc1OCCF. The zero-order valence-corrected chi connectivity index (χ0v) is 8.68. The Labute approximate surface area is 87.6 Å². The van der Waals surface area contributed by atoms with E-state index in [1.165, 1.54) is 7.11 Å². The molecule has 0 spiro atoms. The van der Waals surface area contributed by atoms with Gasteiger partial charge in [0.25, 0.3) is 0 Å². The van der Waals surface area contributed by atoms with Crippen molar-refractivity contribution in [2.24, 2.45) is 0 Å². The highest BCUT2D eigenvalue weighted by molar-refractivity contribution is 6.17. The summed E-state index contributed by atoms with van der Waals surface area (Å²) in [6.45, 7) is -0.490. The van der Waals surface area contributed by atoms with Crippen molar-refractivity contribution in [1.29, 1.82) is 0 Å². The van der Waals surface area contributed by atoms with Crippen molar-refractivity contribution in [2.75, 3.05) is 20.4 Å². The van der Waals surface area contributed by atoms with Crippen LogP contribution in [0.15, 0.2) is 18.2 Å². The van der Waals surface area contributed by atoms with Gasteiger partial charge < -0.3 is 9.47 Å². The molecular formula is C10H12ClFO2. The fourth-order valence-corrected chi connectivity index (χ4v) is 1.23. The van der Waals surface area contributed by atoms with Gasteiger partial charge in [0.05, 0.1) is 7.11 Å². The number of methoxy groups -OCH3 is 1. The summed E-state index contributed by atoms with van der Waals surface area (Å²) in [5, 5.41) is 0. The minimum Gasteiger partial charge on any atom is -0.493 e. The number of benzene rings is 1. The molecule has 0 N–H and O–H groups in total. The topological polar surface area (TPSA) is 18.5 Å². The first-order valence-electron chi connectivity index (χ1n) is 4.23. The molecule has 0 bridgehead atoms. The number of hydrogen-bond donors (Lipinski definition) is 0. The van der Waals surface area contributed by atoms with Gasteiger partial charge in [0.1, 0.15) is 13.3 Å². The van der Waals surface area contributed by atoms with Gasteiger partial charge in [-0.25, -0.2) is 4.39 Å². The Morgan fingerprint density at radius 3 is 2.71 bits per heavy atom. The second-order valence-corrected chi connectivity index (χ2v) is 2.92. The average Bonchev–Trinajstić information content (AvgIpc) is 2.25. The van der Waals surface area contributed by atoms with Gasteiger partial charge in [0.15, 0.2) is 11.5 Å². The van der Waals surface area contributed by atoms with E-state index in [2.05, 4.69) is 0 Å². The average molecular weight is 219 g/mol. The Balaban J connectivity index is 2.84. The quantitative estimate of drug-likeness (QED) is 0.708. The standard InChI is InChI=1S/C10H12ClFO2/c1-13-9-3-2-8(7-11)6-10(9)14-5-4-12/h2-3,6H,4-5,7H2,1H3. The summed E-state index contributed by atoms with van der Waals surface area (Å²) < 4.78 is 22.1. The molecule has 1 aromatic carbocycles. The molecule has 0 radical (unpaired) electrons. The Morgan fingerprint density at radius 1 is 1.36 bits per heavy atom. The largest absolute Gasteiger partial charge is 0.493 e. The van der Waals surface area contributed by atoms with Gasteiger partial charge in [-0.15, -0.1) is 11.6 Å². The normalized spacial score (nSPS) is 9.93. The van der Waals surface area contributed by atoms with Crippen LogP contribution in [0.25, 0.3) is 0 Å². The van der Waals surface area contributed by atoms with Crippen LogP contribution in [0.5, 0.6) is 11.5 Å². The van der Waals surface area contributed by atoms with Gasteiger partial charge in [-0.2, -0.15) is 0 Å². The fraction of sp³-hybridized carbons (Fsp3) is 0.400. The summed E-state index contributed by atoms with van der Waals surface area (Å²) in [6, 6.07) is 5.35. The lowest BCUT2D eigenvalue weighted by Gasteiger charge is -2.10. The number of halogens is 2. The fourth-order valence-electron chi connectivity index (χ4n) is 1.07. The van der Waals surface area contributed by atoms with Crippen LogP contribution in [0.4, 0.5) is 4.39 Å². The van der Waals surface area contributed by atoms with Crippen LogP contribution in [-0.2, 0) is 5.88 Å². The summed E-state index contributed by atoms with van der Waals surface area (Å²) >= 11 is 5.66. The molecule has 0 atom stereocenters. The summed E-state index contributed by atoms with van der Waals surface area (Å²) in [6.07, 6.45) is 0. The van der Waals surface area contributed by atoms with Gasteiger partial charge in [-0.1, -0.05) is 6.07 Å². The summed E-state index contributed by atoms with van der Waals surface area (Å²) in [5.74, 6) is 1.52. The Bertz CT molecular complexity index is 291. The van der Waals surface area contributed by atoms with Crippen molar-refractivity contribution in [1.82, 2.24) is 0 Å². The molecule has 0 aliphatic heterocycles. The molecule has 0 unspecified atom stereocenters. The third-order valence-corrected chi connectivity index (χ3v) is 2.03. The smallest absolute Gasteiger partial charge is 0.161 e. The Hall–Kier alpha value is -0.960. The second kappa shape index (κ2) is 5.70. The van der Waals surface area contributed by atoms with Gasteiger partial charge in [0, 0.05) is 5.88 Å². The van der Waals surface area contributed by atoms with Crippen molar-refractivity contribution >= 4 is 11.6 Å². The first-order chi connectivity index (χ1) is 6.81. The minimum atomic E-state index is -0.520. The van der Waals surface area contributed by atoms with E-state index >= 15 is 0 Å². The zero-order chi connectivity index (χ0) is 10.4. The zero-order valence-electron chi connectivity index (χ0n) is 7.93. The molecule has 0 saturated heterocycles. The van der Waals surface area contributed by atoms with Gasteiger partial charge in [-0.3, -0.25) is 0 Å². The first-order valence-corrected chi connectivity index (χ1v) is 4.77. The van der Waals surface area contributed by atoms with Crippen LogP contribution in [0.3, 0.4) is 0 Å². The molecule has 78 valence electrons. The van der Waals surface area contributed by atoms with Gasteiger partial charge in [0.2, 0.25) is 0 Å². The van der Waals surface area contributed by atoms with Gasteiger partial charge in [-0.05, 0) is 17.7 Å². The van der Waals surface area contributed by atoms with Crippen molar-refractivity contribution in [3.05, 3.63) is 23.8 Å². The van der Waals surface area contributed by atoms with Crippen molar-refractivity contribution in [3.63, 3.8) is 0 Å².